The number of aromatic nitrogens is 2. The van der Waals surface area contributed by atoms with Gasteiger partial charge in [-0.05, 0) is 32.4 Å². The highest BCUT2D eigenvalue weighted by Crippen LogP contribution is 2.35. The summed E-state index contributed by atoms with van der Waals surface area (Å²) < 4.78 is 10.3. The predicted octanol–water partition coefficient (Wildman–Crippen LogP) is 4.36. The van der Waals surface area contributed by atoms with Gasteiger partial charge in [0.1, 0.15) is 17.2 Å². The van der Waals surface area contributed by atoms with Gasteiger partial charge in [-0.3, -0.25) is 4.79 Å². The number of carbonyl (C=O) groups excluding carboxylic acids is 3. The minimum atomic E-state index is -0.0560. The lowest BCUT2D eigenvalue weighted by atomic mass is 10.0. The molecule has 0 fully saturated rings. The van der Waals surface area contributed by atoms with Crippen LogP contribution in [-0.2, 0) is 27.2 Å². The molecule has 4 aromatic rings. The number of anilines is 2. The van der Waals surface area contributed by atoms with Crippen molar-refractivity contribution < 1.29 is 23.4 Å². The van der Waals surface area contributed by atoms with Crippen molar-refractivity contribution in [3.63, 3.8) is 0 Å². The second-order valence-corrected chi connectivity index (χ2v) is 7.42. The van der Waals surface area contributed by atoms with Crippen LogP contribution in [0.3, 0.4) is 0 Å². The lowest BCUT2D eigenvalue weighted by molar-refractivity contribution is -0.191. The number of nitrogen functional groups attached to an aromatic ring is 1. The van der Waals surface area contributed by atoms with Gasteiger partial charge in [-0.2, -0.15) is 9.59 Å². The molecule has 3 heterocycles. The molecule has 0 spiro atoms. The van der Waals surface area contributed by atoms with E-state index in [0.29, 0.717) is 5.69 Å². The number of benzene rings is 2. The van der Waals surface area contributed by atoms with E-state index in [1.807, 2.05) is 62.4 Å². The number of fused-ring (bicyclic) bond motifs is 3. The van der Waals surface area contributed by atoms with Crippen molar-refractivity contribution >= 4 is 23.4 Å². The average molecular weight is 460 g/mol. The quantitative estimate of drug-likeness (QED) is 0.420. The first kappa shape index (κ1) is 24.2. The van der Waals surface area contributed by atoms with Crippen molar-refractivity contribution in [2.75, 3.05) is 11.1 Å². The fourth-order valence-corrected chi connectivity index (χ4v) is 3.77. The summed E-state index contributed by atoms with van der Waals surface area (Å²) in [5.41, 5.74) is 13.1. The maximum atomic E-state index is 11.6. The molecule has 2 aromatic heterocycles. The van der Waals surface area contributed by atoms with Gasteiger partial charge in [-0.15, -0.1) is 0 Å². The van der Waals surface area contributed by atoms with Gasteiger partial charge in [0.25, 0.3) is 0 Å². The molecule has 3 N–H and O–H groups in total. The highest BCUT2D eigenvalue weighted by Gasteiger charge is 2.23. The molecule has 1 aliphatic heterocycles. The van der Waals surface area contributed by atoms with Gasteiger partial charge in [0.15, 0.2) is 0 Å². The lowest BCUT2D eigenvalue weighted by Crippen LogP contribution is -2.12. The van der Waals surface area contributed by atoms with Crippen LogP contribution in [0, 0.1) is 13.8 Å². The van der Waals surface area contributed by atoms with Gasteiger partial charge in [-0.1, -0.05) is 53.6 Å². The van der Waals surface area contributed by atoms with Gasteiger partial charge in [0, 0.05) is 28.1 Å². The van der Waals surface area contributed by atoms with Crippen LogP contribution in [0.5, 0.6) is 0 Å². The topological polar surface area (TPSA) is 141 Å². The molecule has 0 saturated heterocycles. The molecular weight excluding hydrogens is 436 g/mol. The van der Waals surface area contributed by atoms with Crippen LogP contribution >= 0.6 is 0 Å². The number of hydrogen-bond acceptors (Lipinski definition) is 8. The van der Waals surface area contributed by atoms with Gasteiger partial charge in [0.05, 0.1) is 17.7 Å². The fraction of sp³-hybridized carbons (Fsp3) is 0.200. The summed E-state index contributed by atoms with van der Waals surface area (Å²) in [6.45, 7) is 5.83. The van der Waals surface area contributed by atoms with E-state index in [0.717, 1.165) is 57.3 Å². The summed E-state index contributed by atoms with van der Waals surface area (Å²) in [5.74, 6) is 1.52. The van der Waals surface area contributed by atoms with Crippen molar-refractivity contribution in [3.05, 3.63) is 71.4 Å². The van der Waals surface area contributed by atoms with Crippen LogP contribution in [0.15, 0.2) is 57.6 Å². The van der Waals surface area contributed by atoms with Gasteiger partial charge in [0.2, 0.25) is 5.91 Å². The molecule has 34 heavy (non-hydrogen) atoms. The number of hydrogen-bond donors (Lipinski definition) is 2. The second-order valence-electron chi connectivity index (χ2n) is 7.42. The molecule has 9 heteroatoms. The lowest BCUT2D eigenvalue weighted by Gasteiger charge is -2.05. The van der Waals surface area contributed by atoms with E-state index in [2.05, 4.69) is 22.6 Å². The normalized spacial score (nSPS) is 11.3. The van der Waals surface area contributed by atoms with Crippen molar-refractivity contribution in [2.45, 2.75) is 33.6 Å². The fourth-order valence-electron chi connectivity index (χ4n) is 3.77. The summed E-state index contributed by atoms with van der Waals surface area (Å²) in [6, 6.07) is 15.5. The van der Waals surface area contributed by atoms with Crippen molar-refractivity contribution in [3.8, 4) is 22.3 Å². The highest BCUT2D eigenvalue weighted by atomic mass is 16.5. The molecule has 0 bridgehead atoms. The Morgan fingerprint density at radius 1 is 0.941 bits per heavy atom. The Morgan fingerprint density at radius 2 is 1.53 bits per heavy atom. The van der Waals surface area contributed by atoms with E-state index in [4.69, 9.17) is 24.4 Å². The third-order valence-corrected chi connectivity index (χ3v) is 5.23. The number of nitrogens with one attached hydrogen (secondary N) is 1. The zero-order valence-corrected chi connectivity index (χ0v) is 19.0. The van der Waals surface area contributed by atoms with Crippen molar-refractivity contribution in [1.29, 1.82) is 0 Å². The number of aryl methyl sites for hydroxylation is 3. The number of rotatable bonds is 2. The Hall–Kier alpha value is -4.49. The van der Waals surface area contributed by atoms with Gasteiger partial charge >= 0.3 is 6.15 Å². The van der Waals surface area contributed by atoms with Crippen LogP contribution in [-0.4, -0.2) is 22.4 Å². The molecular formula is C25H24N4O5. The summed E-state index contributed by atoms with van der Waals surface area (Å²) in [7, 11) is 0. The molecule has 5 rings (SSSR count). The first-order chi connectivity index (χ1) is 16.4. The molecule has 174 valence electrons. The third-order valence-electron chi connectivity index (χ3n) is 5.23. The molecule has 9 nitrogen and oxygen atoms in total. The Bertz CT molecular complexity index is 1330. The molecule has 0 aliphatic carbocycles. The first-order valence-electron chi connectivity index (χ1n) is 10.5. The molecule has 0 atom stereocenters. The SMILES string of the molecule is CCc1noc(C)c1-c1ccccc1N.Cc1onc2c1-c1ccccc1NC(=O)C2.O=C=O. The molecule has 0 unspecified atom stereocenters. The smallest absolute Gasteiger partial charge is 0.373 e. The second kappa shape index (κ2) is 10.9. The molecule has 2 aromatic carbocycles. The number of nitrogens with two attached hydrogens (primary N) is 1. The van der Waals surface area contributed by atoms with E-state index in [9.17, 15) is 4.79 Å². The van der Waals surface area contributed by atoms with E-state index < -0.39 is 0 Å². The van der Waals surface area contributed by atoms with Crippen LogP contribution in [0.2, 0.25) is 0 Å². The third kappa shape index (κ3) is 5.11. The van der Waals surface area contributed by atoms with Crippen LogP contribution in [0.1, 0.15) is 29.8 Å². The van der Waals surface area contributed by atoms with E-state index >= 15 is 0 Å². The minimum Gasteiger partial charge on any atom is -0.398 e. The largest absolute Gasteiger partial charge is 0.398 e. The molecule has 1 amide bonds. The van der Waals surface area contributed by atoms with E-state index in [-0.39, 0.29) is 18.5 Å². The minimum absolute atomic E-state index is 0.0560. The Labute approximate surface area is 195 Å². The molecule has 0 radical (unpaired) electrons. The summed E-state index contributed by atoms with van der Waals surface area (Å²) in [4.78, 5) is 27.9. The summed E-state index contributed by atoms with van der Waals surface area (Å²) >= 11 is 0. The number of para-hydroxylation sites is 2. The zero-order chi connectivity index (χ0) is 24.7. The van der Waals surface area contributed by atoms with Crippen molar-refractivity contribution in [2.24, 2.45) is 0 Å². The first-order valence-corrected chi connectivity index (χ1v) is 10.5. The number of carbonyl (C=O) groups is 1. The summed E-state index contributed by atoms with van der Waals surface area (Å²) in [5, 5.41) is 10.8. The van der Waals surface area contributed by atoms with Crippen molar-refractivity contribution in [1.82, 2.24) is 10.3 Å². The highest BCUT2D eigenvalue weighted by molar-refractivity contribution is 6.00. The van der Waals surface area contributed by atoms with E-state index in [1.165, 1.54) is 0 Å². The van der Waals surface area contributed by atoms with Crippen LogP contribution in [0.4, 0.5) is 11.4 Å². The summed E-state index contributed by atoms with van der Waals surface area (Å²) in [6.07, 6.45) is 1.36. The van der Waals surface area contributed by atoms with Gasteiger partial charge in [-0.25, -0.2) is 0 Å². The standard InChI is InChI=1S/C12H10N2O2.C12H14N2O.CO2/c1-7-12-8-4-2-3-5-9(8)13-11(15)6-10(12)14-16-7;1-3-11-12(8(2)15-14-11)9-6-4-5-7-10(9)13;2-1-3/h2-5H,6H2,1H3,(H,13,15);4-7H,3,13H2,1-2H3;. The number of amides is 1. The van der Waals surface area contributed by atoms with Gasteiger partial charge < -0.3 is 20.1 Å². The number of nitrogens with zero attached hydrogens (tertiary/aromatic N) is 2. The van der Waals surface area contributed by atoms with Crippen LogP contribution in [0.25, 0.3) is 22.3 Å². The predicted molar refractivity (Wildman–Crippen MR) is 124 cm³/mol. The Kier molecular flexibility index (Phi) is 7.74. The maximum Gasteiger partial charge on any atom is 0.373 e. The Morgan fingerprint density at radius 3 is 2.21 bits per heavy atom. The zero-order valence-electron chi connectivity index (χ0n) is 19.0. The molecule has 1 aliphatic rings. The maximum absolute atomic E-state index is 11.6. The Balaban J connectivity index is 0.000000172. The monoisotopic (exact) mass is 460 g/mol. The van der Waals surface area contributed by atoms with Crippen LogP contribution < -0.4 is 11.1 Å². The van der Waals surface area contributed by atoms with E-state index in [1.54, 1.807) is 0 Å². The average Bonchev–Trinajstić information content (AvgIpc) is 3.32. The molecule has 0 saturated carbocycles.